The number of piperidine rings is 1. The van der Waals surface area contributed by atoms with Crippen LogP contribution in [-0.2, 0) is 7.05 Å². The molecular formula is C16H21N5O. The van der Waals surface area contributed by atoms with E-state index in [0.717, 1.165) is 37.4 Å². The number of aryl methyl sites for hydroxylation is 2. The first-order valence-electron chi connectivity index (χ1n) is 7.60. The molecule has 0 aliphatic carbocycles. The molecule has 1 fully saturated rings. The second kappa shape index (κ2) is 6.17. The number of amides is 1. The fourth-order valence-electron chi connectivity index (χ4n) is 2.93. The highest BCUT2D eigenvalue weighted by Gasteiger charge is 2.23. The van der Waals surface area contributed by atoms with Crippen LogP contribution in [0.1, 0.15) is 28.9 Å². The molecule has 3 heterocycles. The Hall–Kier alpha value is -2.37. The third-order valence-electron chi connectivity index (χ3n) is 3.99. The van der Waals surface area contributed by atoms with E-state index in [1.807, 2.05) is 32.2 Å². The van der Waals surface area contributed by atoms with Crippen LogP contribution in [0.4, 0.5) is 5.82 Å². The largest absolute Gasteiger partial charge is 0.355 e. The van der Waals surface area contributed by atoms with Crippen molar-refractivity contribution in [3.63, 3.8) is 0 Å². The summed E-state index contributed by atoms with van der Waals surface area (Å²) in [6.07, 6.45) is 5.61. The lowest BCUT2D eigenvalue weighted by Crippen LogP contribution is -2.48. The maximum absolute atomic E-state index is 12.4. The SMILES string of the molecule is Cc1nn(C)cc1C(=O)N[C@@H]1CCCN(c2ccccn2)C1. The molecule has 116 valence electrons. The lowest BCUT2D eigenvalue weighted by molar-refractivity contribution is 0.0932. The highest BCUT2D eigenvalue weighted by atomic mass is 16.1. The van der Waals surface area contributed by atoms with E-state index >= 15 is 0 Å². The minimum atomic E-state index is -0.0431. The second-order valence-corrected chi connectivity index (χ2v) is 5.75. The molecule has 1 aliphatic heterocycles. The van der Waals surface area contributed by atoms with Gasteiger partial charge in [-0.1, -0.05) is 6.07 Å². The van der Waals surface area contributed by atoms with Gasteiger partial charge in [-0.3, -0.25) is 9.48 Å². The van der Waals surface area contributed by atoms with E-state index in [1.165, 1.54) is 0 Å². The normalized spacial score (nSPS) is 18.3. The number of hydrogen-bond acceptors (Lipinski definition) is 4. The molecule has 2 aromatic heterocycles. The Morgan fingerprint density at radius 1 is 1.41 bits per heavy atom. The van der Waals surface area contributed by atoms with Gasteiger partial charge in [0, 0.05) is 38.6 Å². The topological polar surface area (TPSA) is 63.1 Å². The van der Waals surface area contributed by atoms with Gasteiger partial charge in [-0.2, -0.15) is 5.10 Å². The average Bonchev–Trinajstić information content (AvgIpc) is 2.87. The molecule has 6 nitrogen and oxygen atoms in total. The van der Waals surface area contributed by atoms with Crippen LogP contribution < -0.4 is 10.2 Å². The van der Waals surface area contributed by atoms with E-state index in [4.69, 9.17) is 0 Å². The summed E-state index contributed by atoms with van der Waals surface area (Å²) < 4.78 is 1.67. The Morgan fingerprint density at radius 2 is 2.27 bits per heavy atom. The molecule has 0 spiro atoms. The number of pyridine rings is 1. The van der Waals surface area contributed by atoms with Crippen molar-refractivity contribution in [2.45, 2.75) is 25.8 Å². The van der Waals surface area contributed by atoms with E-state index in [2.05, 4.69) is 20.3 Å². The van der Waals surface area contributed by atoms with E-state index in [9.17, 15) is 4.79 Å². The van der Waals surface area contributed by atoms with Crippen molar-refractivity contribution >= 4 is 11.7 Å². The molecule has 1 saturated heterocycles. The van der Waals surface area contributed by atoms with E-state index in [1.54, 1.807) is 17.1 Å². The van der Waals surface area contributed by atoms with Crippen LogP contribution in [0.3, 0.4) is 0 Å². The fraction of sp³-hybridized carbons (Fsp3) is 0.438. The minimum absolute atomic E-state index is 0.0431. The molecule has 1 aliphatic rings. The zero-order chi connectivity index (χ0) is 15.5. The predicted octanol–water partition coefficient (Wildman–Crippen LogP) is 1.52. The molecule has 0 aromatic carbocycles. The van der Waals surface area contributed by atoms with Crippen molar-refractivity contribution in [3.05, 3.63) is 41.9 Å². The lowest BCUT2D eigenvalue weighted by atomic mass is 10.1. The van der Waals surface area contributed by atoms with Gasteiger partial charge < -0.3 is 10.2 Å². The third-order valence-corrected chi connectivity index (χ3v) is 3.99. The number of carbonyl (C=O) groups is 1. The van der Waals surface area contributed by atoms with Crippen LogP contribution in [0.2, 0.25) is 0 Å². The monoisotopic (exact) mass is 299 g/mol. The number of carbonyl (C=O) groups excluding carboxylic acids is 1. The standard InChI is InChI=1S/C16H21N5O/c1-12-14(11-20(2)19-12)16(22)18-13-6-5-9-21(10-13)15-7-3-4-8-17-15/h3-4,7-8,11,13H,5-6,9-10H2,1-2H3,(H,18,22)/t13-/m1/s1. The van der Waals surface area contributed by atoms with Gasteiger partial charge in [0.15, 0.2) is 0 Å². The van der Waals surface area contributed by atoms with Crippen molar-refractivity contribution in [1.29, 1.82) is 0 Å². The Bertz CT molecular complexity index is 652. The second-order valence-electron chi connectivity index (χ2n) is 5.75. The van der Waals surface area contributed by atoms with E-state index < -0.39 is 0 Å². The van der Waals surface area contributed by atoms with Crippen LogP contribution in [0.5, 0.6) is 0 Å². The first kappa shape index (κ1) is 14.6. The van der Waals surface area contributed by atoms with Gasteiger partial charge in [-0.25, -0.2) is 4.98 Å². The Balaban J connectivity index is 1.65. The van der Waals surface area contributed by atoms with Crippen LogP contribution in [0.15, 0.2) is 30.6 Å². The summed E-state index contributed by atoms with van der Waals surface area (Å²) in [7, 11) is 1.83. The number of rotatable bonds is 3. The van der Waals surface area contributed by atoms with Crippen LogP contribution >= 0.6 is 0 Å². The Labute approximate surface area is 130 Å². The van der Waals surface area contributed by atoms with E-state index in [0.29, 0.717) is 5.56 Å². The lowest BCUT2D eigenvalue weighted by Gasteiger charge is -2.33. The summed E-state index contributed by atoms with van der Waals surface area (Å²) >= 11 is 0. The molecule has 0 saturated carbocycles. The minimum Gasteiger partial charge on any atom is -0.355 e. The van der Waals surface area contributed by atoms with Gasteiger partial charge in [0.2, 0.25) is 0 Å². The number of nitrogens with zero attached hydrogens (tertiary/aromatic N) is 4. The Morgan fingerprint density at radius 3 is 2.95 bits per heavy atom. The highest BCUT2D eigenvalue weighted by Crippen LogP contribution is 2.17. The van der Waals surface area contributed by atoms with Crippen LogP contribution in [0.25, 0.3) is 0 Å². The van der Waals surface area contributed by atoms with Crippen molar-refractivity contribution in [2.24, 2.45) is 7.05 Å². The summed E-state index contributed by atoms with van der Waals surface area (Å²) in [5, 5.41) is 7.35. The van der Waals surface area contributed by atoms with Crippen LogP contribution in [0, 0.1) is 6.92 Å². The van der Waals surface area contributed by atoms with Crippen LogP contribution in [-0.4, -0.2) is 39.8 Å². The molecule has 1 N–H and O–H groups in total. The summed E-state index contributed by atoms with van der Waals surface area (Å²) in [5.41, 5.74) is 1.41. The molecule has 2 aromatic rings. The zero-order valence-electron chi connectivity index (χ0n) is 13.0. The molecular weight excluding hydrogens is 278 g/mol. The van der Waals surface area contributed by atoms with Gasteiger partial charge in [-0.05, 0) is 31.9 Å². The number of hydrogen-bond donors (Lipinski definition) is 1. The van der Waals surface area contributed by atoms with E-state index in [-0.39, 0.29) is 11.9 Å². The van der Waals surface area contributed by atoms with Crippen molar-refractivity contribution in [2.75, 3.05) is 18.0 Å². The fourth-order valence-corrected chi connectivity index (χ4v) is 2.93. The summed E-state index contributed by atoms with van der Waals surface area (Å²) in [6.45, 7) is 3.63. The maximum Gasteiger partial charge on any atom is 0.255 e. The molecule has 22 heavy (non-hydrogen) atoms. The van der Waals surface area contributed by atoms with Crippen molar-refractivity contribution < 1.29 is 4.79 Å². The van der Waals surface area contributed by atoms with Gasteiger partial charge in [0.05, 0.1) is 11.3 Å². The molecule has 0 unspecified atom stereocenters. The first-order valence-corrected chi connectivity index (χ1v) is 7.60. The zero-order valence-corrected chi connectivity index (χ0v) is 13.0. The molecule has 0 radical (unpaired) electrons. The van der Waals surface area contributed by atoms with Crippen molar-refractivity contribution in [3.8, 4) is 0 Å². The van der Waals surface area contributed by atoms with Gasteiger partial charge in [-0.15, -0.1) is 0 Å². The van der Waals surface area contributed by atoms with Gasteiger partial charge in [0.25, 0.3) is 5.91 Å². The number of nitrogens with one attached hydrogen (secondary N) is 1. The summed E-state index contributed by atoms with van der Waals surface area (Å²) in [6, 6.07) is 6.06. The number of aromatic nitrogens is 3. The molecule has 6 heteroatoms. The molecule has 0 bridgehead atoms. The molecule has 1 atom stereocenters. The molecule has 3 rings (SSSR count). The smallest absolute Gasteiger partial charge is 0.255 e. The maximum atomic E-state index is 12.4. The summed E-state index contributed by atoms with van der Waals surface area (Å²) in [5.74, 6) is 0.928. The molecule has 1 amide bonds. The van der Waals surface area contributed by atoms with Gasteiger partial charge >= 0.3 is 0 Å². The average molecular weight is 299 g/mol. The number of anilines is 1. The van der Waals surface area contributed by atoms with Crippen molar-refractivity contribution in [1.82, 2.24) is 20.1 Å². The van der Waals surface area contributed by atoms with Gasteiger partial charge in [0.1, 0.15) is 5.82 Å². The third kappa shape index (κ3) is 3.10. The highest BCUT2D eigenvalue weighted by molar-refractivity contribution is 5.95. The Kier molecular flexibility index (Phi) is 4.09. The quantitative estimate of drug-likeness (QED) is 0.933. The summed E-state index contributed by atoms with van der Waals surface area (Å²) in [4.78, 5) is 19.0. The first-order chi connectivity index (χ1) is 10.6. The predicted molar refractivity (Wildman–Crippen MR) is 84.9 cm³/mol.